The maximum absolute atomic E-state index is 12.5. The summed E-state index contributed by atoms with van der Waals surface area (Å²) in [6.45, 7) is 5.05. The fourth-order valence-corrected chi connectivity index (χ4v) is 3.44. The van der Waals surface area contributed by atoms with Gasteiger partial charge in [-0.05, 0) is 31.0 Å². The molecule has 0 saturated carbocycles. The van der Waals surface area contributed by atoms with Gasteiger partial charge in [-0.2, -0.15) is 0 Å². The number of aliphatic carboxylic acids is 1. The summed E-state index contributed by atoms with van der Waals surface area (Å²) in [5, 5.41) is 16.3. The number of carbonyl (C=O) groups excluding carboxylic acids is 2. The molecule has 0 aliphatic rings. The molecule has 3 unspecified atom stereocenters. The number of hydrogen-bond donors (Lipinski definition) is 2. The van der Waals surface area contributed by atoms with Crippen LogP contribution < -0.4 is 20.4 Å². The van der Waals surface area contributed by atoms with Crippen LogP contribution >= 0.6 is 6.42 Å². The predicted molar refractivity (Wildman–Crippen MR) is 93.7 cm³/mol. The number of amides is 1. The molecular formula is C16H23N2O4PS-2. The van der Waals surface area contributed by atoms with Crippen LogP contribution in [0.15, 0.2) is 30.3 Å². The molecule has 8 heteroatoms. The molecule has 0 aliphatic carbocycles. The highest BCUT2D eigenvalue weighted by molar-refractivity contribution is 8.09. The molecular weight excluding hydrogens is 347 g/mol. The van der Waals surface area contributed by atoms with Gasteiger partial charge in [-0.1, -0.05) is 62.4 Å². The molecule has 0 spiro atoms. The molecule has 0 radical (unpaired) electrons. The third-order valence-electron chi connectivity index (χ3n) is 3.30. The third kappa shape index (κ3) is 8.02. The van der Waals surface area contributed by atoms with Crippen molar-refractivity contribution < 1.29 is 19.6 Å². The van der Waals surface area contributed by atoms with Crippen LogP contribution in [-0.4, -0.2) is 30.6 Å². The molecule has 3 atom stereocenters. The lowest BCUT2D eigenvalue weighted by atomic mass is 10.0. The lowest BCUT2D eigenvalue weighted by Gasteiger charge is -2.31. The summed E-state index contributed by atoms with van der Waals surface area (Å²) in [5.74, 6) is -1.82. The van der Waals surface area contributed by atoms with Crippen LogP contribution in [0.25, 0.3) is 0 Å². The van der Waals surface area contributed by atoms with Crippen LogP contribution in [-0.2, 0) is 27.8 Å². The summed E-state index contributed by atoms with van der Waals surface area (Å²) >= 11 is 4.87. The lowest BCUT2D eigenvalue weighted by molar-refractivity contribution is -0.308. The molecule has 0 fully saturated rings. The summed E-state index contributed by atoms with van der Waals surface area (Å²) in [4.78, 5) is 35.6. The summed E-state index contributed by atoms with van der Waals surface area (Å²) in [7, 11) is 0. The minimum Gasteiger partial charge on any atom is -0.810 e. The molecule has 1 rings (SSSR count). The van der Waals surface area contributed by atoms with Crippen molar-refractivity contribution in [1.29, 1.82) is 0 Å². The van der Waals surface area contributed by atoms with Gasteiger partial charge in [0.1, 0.15) is 0 Å². The first-order chi connectivity index (χ1) is 11.1. The number of benzene rings is 1. The number of carbonyl (C=O) groups is 2. The van der Waals surface area contributed by atoms with Crippen molar-refractivity contribution >= 4 is 30.1 Å². The van der Waals surface area contributed by atoms with Gasteiger partial charge in [0.2, 0.25) is 5.91 Å². The normalized spacial score (nSPS) is 16.2. The van der Waals surface area contributed by atoms with Gasteiger partial charge in [-0.3, -0.25) is 9.88 Å². The Labute approximate surface area is 147 Å². The van der Waals surface area contributed by atoms with Crippen molar-refractivity contribution in [3.05, 3.63) is 35.9 Å². The van der Waals surface area contributed by atoms with E-state index in [4.69, 9.17) is 11.8 Å². The van der Waals surface area contributed by atoms with Gasteiger partial charge in [0, 0.05) is 0 Å². The Bertz CT molecular complexity index is 603. The van der Waals surface area contributed by atoms with E-state index >= 15 is 0 Å². The molecule has 0 aromatic heterocycles. The smallest absolute Gasteiger partial charge is 0.238 e. The number of carboxylic acids is 1. The number of rotatable bonds is 9. The van der Waals surface area contributed by atoms with E-state index in [2.05, 4.69) is 10.4 Å². The highest BCUT2D eigenvalue weighted by Gasteiger charge is 2.23. The Morgan fingerprint density at radius 2 is 1.79 bits per heavy atom. The quantitative estimate of drug-likeness (QED) is 0.582. The first kappa shape index (κ1) is 20.8. The Hall–Kier alpha value is -1.27. The van der Waals surface area contributed by atoms with E-state index in [0.29, 0.717) is 0 Å². The van der Waals surface area contributed by atoms with E-state index < -0.39 is 30.4 Å². The molecule has 24 heavy (non-hydrogen) atoms. The molecule has 2 N–H and O–H groups in total. The largest absolute Gasteiger partial charge is 0.810 e. The molecule has 1 amide bonds. The molecule has 0 aliphatic heterocycles. The van der Waals surface area contributed by atoms with Gasteiger partial charge in [0.15, 0.2) is 0 Å². The molecule has 1 aromatic carbocycles. The minimum absolute atomic E-state index is 0.0740. The second kappa shape index (κ2) is 9.28. The highest BCUT2D eigenvalue weighted by atomic mass is 32.4. The Morgan fingerprint density at radius 3 is 2.25 bits per heavy atom. The average molecular weight is 370 g/mol. The van der Waals surface area contributed by atoms with Crippen LogP contribution in [0.4, 0.5) is 0 Å². The van der Waals surface area contributed by atoms with E-state index in [0.717, 1.165) is 5.56 Å². The first-order valence-corrected chi connectivity index (χ1v) is 10.9. The Morgan fingerprint density at radius 1 is 1.21 bits per heavy atom. The van der Waals surface area contributed by atoms with Crippen molar-refractivity contribution in [2.45, 2.75) is 38.8 Å². The Balaban J connectivity index is 2.90. The van der Waals surface area contributed by atoms with Crippen LogP contribution in [0.1, 0.15) is 25.8 Å². The first-order valence-electron chi connectivity index (χ1n) is 7.70. The fraction of sp³-hybridized carbons (Fsp3) is 0.500. The van der Waals surface area contributed by atoms with E-state index in [1.807, 2.05) is 44.2 Å². The predicted octanol–water partition coefficient (Wildman–Crippen LogP) is -0.232. The fourth-order valence-electron chi connectivity index (χ4n) is 2.29. The highest BCUT2D eigenvalue weighted by Crippen LogP contribution is 2.25. The zero-order valence-electron chi connectivity index (χ0n) is 14.0. The number of hydrogen-bond acceptors (Lipinski definition) is 5. The summed E-state index contributed by atoms with van der Waals surface area (Å²) in [5.41, 5.74) is 0.849. The minimum atomic E-state index is -3.10. The summed E-state index contributed by atoms with van der Waals surface area (Å²) in [6.07, 6.45) is -2.59. The molecule has 134 valence electrons. The van der Waals surface area contributed by atoms with Crippen molar-refractivity contribution in [3.63, 3.8) is 0 Å². The summed E-state index contributed by atoms with van der Waals surface area (Å²) in [6, 6.07) is 7.18. The van der Waals surface area contributed by atoms with Crippen molar-refractivity contribution in [2.75, 3.05) is 6.66 Å². The topological polar surface area (TPSA) is 104 Å². The van der Waals surface area contributed by atoms with Gasteiger partial charge in [0.05, 0.1) is 18.1 Å². The van der Waals surface area contributed by atoms with E-state index in [-0.39, 0.29) is 18.8 Å². The number of nitrogens with one attached hydrogen (secondary N) is 2. The zero-order chi connectivity index (χ0) is 18.3. The van der Waals surface area contributed by atoms with Gasteiger partial charge in [-0.15, -0.1) is 0 Å². The van der Waals surface area contributed by atoms with Crippen LogP contribution in [0, 0.1) is 5.92 Å². The van der Waals surface area contributed by atoms with Gasteiger partial charge >= 0.3 is 0 Å². The van der Waals surface area contributed by atoms with Crippen LogP contribution in [0.3, 0.4) is 0 Å². The van der Waals surface area contributed by atoms with E-state index in [1.54, 1.807) is 0 Å². The average Bonchev–Trinajstić information content (AvgIpc) is 2.45. The monoisotopic (exact) mass is 370 g/mol. The molecule has 0 bridgehead atoms. The molecule has 6 nitrogen and oxygen atoms in total. The van der Waals surface area contributed by atoms with Crippen molar-refractivity contribution in [3.8, 4) is 0 Å². The van der Waals surface area contributed by atoms with Gasteiger partial charge in [0.25, 0.3) is 0 Å². The van der Waals surface area contributed by atoms with Crippen LogP contribution in [0.2, 0.25) is 0 Å². The number of carboxylic acid groups (broad SMARTS) is 1. The third-order valence-corrected chi connectivity index (χ3v) is 4.39. The SMILES string of the molecule is CC(C)CC(NC(=O)C(Cc1ccccc1)NP(C)([O-])=S)C(=O)[O-]. The van der Waals surface area contributed by atoms with E-state index in [9.17, 15) is 19.6 Å². The van der Waals surface area contributed by atoms with Crippen molar-refractivity contribution in [2.24, 2.45) is 5.92 Å². The maximum Gasteiger partial charge on any atom is 0.238 e. The summed E-state index contributed by atoms with van der Waals surface area (Å²) < 4.78 is 0. The van der Waals surface area contributed by atoms with Gasteiger partial charge in [-0.25, -0.2) is 0 Å². The van der Waals surface area contributed by atoms with Crippen molar-refractivity contribution in [1.82, 2.24) is 10.4 Å². The zero-order valence-corrected chi connectivity index (χ0v) is 15.7. The van der Waals surface area contributed by atoms with Crippen LogP contribution in [0.5, 0.6) is 0 Å². The lowest BCUT2D eigenvalue weighted by Crippen LogP contribution is -2.54. The molecule has 1 aromatic rings. The second-order valence-electron chi connectivity index (χ2n) is 6.23. The van der Waals surface area contributed by atoms with Gasteiger partial charge < -0.3 is 20.1 Å². The standard InChI is InChI=1S/C16H25N2O4PS/c1-11(2)9-14(16(20)21)17-15(19)13(18-23(3,22)24)10-12-7-5-4-6-8-12/h4-8,11,13-14H,9-10H2,1-3H3,(H,17,19)(H,20,21)(H2,18,22,24)/p-2. The van der Waals surface area contributed by atoms with E-state index in [1.165, 1.54) is 6.66 Å². The Kier molecular flexibility index (Phi) is 8.03. The molecule has 0 saturated heterocycles. The maximum atomic E-state index is 12.5. The molecule has 0 heterocycles. The second-order valence-corrected chi connectivity index (χ2v) is 10.3.